The van der Waals surface area contributed by atoms with Crippen molar-refractivity contribution in [3.8, 4) is 0 Å². The van der Waals surface area contributed by atoms with E-state index >= 15 is 0 Å². The Balaban J connectivity index is 1.98. The van der Waals surface area contributed by atoms with Crippen LogP contribution in [0.25, 0.3) is 0 Å². The molecule has 0 aromatic heterocycles. The molecular weight excluding hydrogens is 298 g/mol. The molecular formula is C17H27NO3S. The molecule has 1 aromatic rings. The molecule has 0 unspecified atom stereocenters. The summed E-state index contributed by atoms with van der Waals surface area (Å²) in [7, 11) is 0.217. The Kier molecular flexibility index (Phi) is 6.01. The van der Waals surface area contributed by atoms with Gasteiger partial charge in [-0.25, -0.2) is 12.7 Å². The van der Waals surface area contributed by atoms with Crippen LogP contribution in [0.3, 0.4) is 0 Å². The normalized spacial score (nSPS) is 24.4. The standard InChI is InChI=1S/C17H27NO3S/c1-14(15-7-5-4-6-8-15)13-22(19,20)18(2)16-9-11-17(21-3)12-10-16/h4-8,14,16-17H,9-13H2,1-3H3/t14-,16?,17?/m1/s1. The predicted molar refractivity (Wildman–Crippen MR) is 89.5 cm³/mol. The zero-order valence-corrected chi connectivity index (χ0v) is 14.6. The molecule has 1 aromatic carbocycles. The molecule has 124 valence electrons. The van der Waals surface area contributed by atoms with E-state index in [1.165, 1.54) is 0 Å². The molecule has 1 aliphatic carbocycles. The summed E-state index contributed by atoms with van der Waals surface area (Å²) in [6.45, 7) is 1.97. The molecule has 0 radical (unpaired) electrons. The Morgan fingerprint density at radius 3 is 2.32 bits per heavy atom. The molecule has 1 aliphatic rings. The summed E-state index contributed by atoms with van der Waals surface area (Å²) in [5.74, 6) is 0.168. The van der Waals surface area contributed by atoms with Crippen LogP contribution in [0.4, 0.5) is 0 Å². The van der Waals surface area contributed by atoms with Crippen LogP contribution in [0.15, 0.2) is 30.3 Å². The average molecular weight is 325 g/mol. The van der Waals surface area contributed by atoms with Crippen molar-refractivity contribution in [1.29, 1.82) is 0 Å². The number of sulfonamides is 1. The van der Waals surface area contributed by atoms with Crippen LogP contribution >= 0.6 is 0 Å². The van der Waals surface area contributed by atoms with E-state index in [9.17, 15) is 8.42 Å². The average Bonchev–Trinajstić information content (AvgIpc) is 2.54. The Morgan fingerprint density at radius 1 is 1.18 bits per heavy atom. The van der Waals surface area contributed by atoms with E-state index in [1.807, 2.05) is 37.3 Å². The quantitative estimate of drug-likeness (QED) is 0.808. The summed E-state index contributed by atoms with van der Waals surface area (Å²) in [6.07, 6.45) is 3.93. The van der Waals surface area contributed by atoms with Crippen LogP contribution in [0, 0.1) is 0 Å². The third kappa shape index (κ3) is 4.31. The van der Waals surface area contributed by atoms with E-state index in [4.69, 9.17) is 4.74 Å². The lowest BCUT2D eigenvalue weighted by Gasteiger charge is -2.34. The van der Waals surface area contributed by atoms with Crippen molar-refractivity contribution < 1.29 is 13.2 Å². The van der Waals surface area contributed by atoms with Crippen molar-refractivity contribution in [3.05, 3.63) is 35.9 Å². The van der Waals surface area contributed by atoms with E-state index in [1.54, 1.807) is 18.5 Å². The van der Waals surface area contributed by atoms with Gasteiger partial charge in [-0.1, -0.05) is 37.3 Å². The number of methoxy groups -OCH3 is 1. The molecule has 1 fully saturated rings. The third-order valence-corrected chi connectivity index (χ3v) is 6.86. The minimum Gasteiger partial charge on any atom is -0.381 e. The van der Waals surface area contributed by atoms with E-state index in [0.717, 1.165) is 31.2 Å². The Bertz CT molecular complexity index is 551. The lowest BCUT2D eigenvalue weighted by Crippen LogP contribution is -2.42. The molecule has 1 atom stereocenters. The van der Waals surface area contributed by atoms with Crippen molar-refractivity contribution in [2.24, 2.45) is 0 Å². The highest BCUT2D eigenvalue weighted by molar-refractivity contribution is 7.89. The number of ether oxygens (including phenoxy) is 1. The minimum absolute atomic E-state index is 0.00367. The molecule has 5 heteroatoms. The first-order valence-electron chi connectivity index (χ1n) is 7.97. The van der Waals surface area contributed by atoms with Crippen LogP contribution in [0.5, 0.6) is 0 Å². The van der Waals surface area contributed by atoms with Crippen LogP contribution in [-0.2, 0) is 14.8 Å². The van der Waals surface area contributed by atoms with Crippen LogP contribution < -0.4 is 0 Å². The van der Waals surface area contributed by atoms with Crippen LogP contribution in [0.2, 0.25) is 0 Å². The highest BCUT2D eigenvalue weighted by Gasteiger charge is 2.31. The lowest BCUT2D eigenvalue weighted by molar-refractivity contribution is 0.0553. The monoisotopic (exact) mass is 325 g/mol. The van der Waals surface area contributed by atoms with Crippen molar-refractivity contribution in [2.75, 3.05) is 19.9 Å². The fourth-order valence-electron chi connectivity index (χ4n) is 3.18. The van der Waals surface area contributed by atoms with E-state index in [-0.39, 0.29) is 23.8 Å². The largest absolute Gasteiger partial charge is 0.381 e. The zero-order chi connectivity index (χ0) is 16.2. The van der Waals surface area contributed by atoms with Gasteiger partial charge >= 0.3 is 0 Å². The lowest BCUT2D eigenvalue weighted by atomic mass is 9.93. The summed E-state index contributed by atoms with van der Waals surface area (Å²) in [5, 5.41) is 0. The van der Waals surface area contributed by atoms with Gasteiger partial charge in [0.15, 0.2) is 0 Å². The molecule has 0 N–H and O–H groups in total. The summed E-state index contributed by atoms with van der Waals surface area (Å²) in [4.78, 5) is 0. The van der Waals surface area contributed by atoms with Crippen LogP contribution in [-0.4, -0.2) is 44.8 Å². The smallest absolute Gasteiger partial charge is 0.214 e. The van der Waals surface area contributed by atoms with Crippen LogP contribution in [0.1, 0.15) is 44.1 Å². The first kappa shape index (κ1) is 17.4. The molecule has 22 heavy (non-hydrogen) atoms. The van der Waals surface area contributed by atoms with Gasteiger partial charge in [0.05, 0.1) is 11.9 Å². The summed E-state index contributed by atoms with van der Waals surface area (Å²) in [6, 6.07) is 9.95. The number of nitrogens with zero attached hydrogens (tertiary/aromatic N) is 1. The summed E-state index contributed by atoms with van der Waals surface area (Å²) < 4.78 is 32.3. The molecule has 0 spiro atoms. The summed E-state index contributed by atoms with van der Waals surface area (Å²) in [5.41, 5.74) is 1.07. The predicted octanol–water partition coefficient (Wildman–Crippen LogP) is 3.01. The van der Waals surface area contributed by atoms with Gasteiger partial charge in [-0.15, -0.1) is 0 Å². The second kappa shape index (κ2) is 7.57. The van der Waals surface area contributed by atoms with Gasteiger partial charge in [-0.2, -0.15) is 0 Å². The Morgan fingerprint density at radius 2 is 1.77 bits per heavy atom. The number of rotatable bonds is 6. The molecule has 0 heterocycles. The Labute approximate surface area is 134 Å². The van der Waals surface area contributed by atoms with Gasteiger partial charge < -0.3 is 4.74 Å². The van der Waals surface area contributed by atoms with E-state index < -0.39 is 10.0 Å². The van der Waals surface area contributed by atoms with E-state index in [0.29, 0.717) is 0 Å². The topological polar surface area (TPSA) is 46.6 Å². The first-order valence-corrected chi connectivity index (χ1v) is 9.58. The maximum atomic E-state index is 12.7. The number of hydrogen-bond acceptors (Lipinski definition) is 3. The van der Waals surface area contributed by atoms with Crippen molar-refractivity contribution in [1.82, 2.24) is 4.31 Å². The SMILES string of the molecule is COC1CCC(N(C)S(=O)(=O)C[C@@H](C)c2ccccc2)CC1. The fraction of sp³-hybridized carbons (Fsp3) is 0.647. The first-order chi connectivity index (χ1) is 10.4. The number of hydrogen-bond donors (Lipinski definition) is 0. The second-order valence-corrected chi connectivity index (χ2v) is 8.35. The van der Waals surface area contributed by atoms with Gasteiger partial charge in [-0.05, 0) is 37.2 Å². The maximum Gasteiger partial charge on any atom is 0.214 e. The fourth-order valence-corrected chi connectivity index (χ4v) is 4.91. The maximum absolute atomic E-state index is 12.7. The zero-order valence-electron chi connectivity index (χ0n) is 13.7. The van der Waals surface area contributed by atoms with Crippen molar-refractivity contribution >= 4 is 10.0 Å². The molecule has 0 bridgehead atoms. The number of benzene rings is 1. The molecule has 2 rings (SSSR count). The van der Waals surface area contributed by atoms with Crippen molar-refractivity contribution in [2.45, 2.75) is 50.7 Å². The third-order valence-electron chi connectivity index (χ3n) is 4.76. The van der Waals surface area contributed by atoms with Gasteiger partial charge in [0.25, 0.3) is 0 Å². The highest BCUT2D eigenvalue weighted by Crippen LogP contribution is 2.27. The van der Waals surface area contributed by atoms with Gasteiger partial charge in [-0.3, -0.25) is 0 Å². The highest BCUT2D eigenvalue weighted by atomic mass is 32.2. The molecule has 4 nitrogen and oxygen atoms in total. The molecule has 0 amide bonds. The molecule has 1 saturated carbocycles. The minimum atomic E-state index is -3.24. The summed E-state index contributed by atoms with van der Waals surface area (Å²) >= 11 is 0. The Hall–Kier alpha value is -0.910. The molecule has 0 aliphatic heterocycles. The van der Waals surface area contributed by atoms with Gasteiger partial charge in [0.1, 0.15) is 0 Å². The van der Waals surface area contributed by atoms with Gasteiger partial charge in [0, 0.05) is 20.2 Å². The van der Waals surface area contributed by atoms with E-state index in [2.05, 4.69) is 0 Å². The van der Waals surface area contributed by atoms with Gasteiger partial charge in [0.2, 0.25) is 10.0 Å². The van der Waals surface area contributed by atoms with Crippen molar-refractivity contribution in [3.63, 3.8) is 0 Å². The molecule has 0 saturated heterocycles. The second-order valence-electron chi connectivity index (χ2n) is 6.27.